The maximum atomic E-state index is 11.4. The monoisotopic (exact) mass is 1700 g/mol. The molecule has 0 aliphatic carbocycles. The van der Waals surface area contributed by atoms with Gasteiger partial charge in [0.25, 0.3) is 0 Å². The maximum absolute atomic E-state index is 11.4. The zero-order valence-electron chi connectivity index (χ0n) is 79.1. The summed E-state index contributed by atoms with van der Waals surface area (Å²) in [6.07, 6.45) is 133. The molecule has 0 aliphatic heterocycles. The molecule has 2 aromatic carbocycles. The van der Waals surface area contributed by atoms with E-state index in [0.29, 0.717) is 24.0 Å². The first-order valence-electron chi connectivity index (χ1n) is 53.2. The van der Waals surface area contributed by atoms with Crippen LogP contribution in [0.1, 0.15) is 616 Å². The Labute approximate surface area is 764 Å². The van der Waals surface area contributed by atoms with E-state index in [4.69, 9.17) is 0 Å². The van der Waals surface area contributed by atoms with E-state index in [1.54, 1.807) is 24.3 Å². The van der Waals surface area contributed by atoms with E-state index < -0.39 is 20.2 Å². The Hall–Kier alpha value is -0.480. The molecular formula is C108H202CaO6S2. The summed E-state index contributed by atoms with van der Waals surface area (Å²) in [6.45, 7) is 4.61. The van der Waals surface area contributed by atoms with Gasteiger partial charge in [-0.3, -0.25) is 0 Å². The van der Waals surface area contributed by atoms with Crippen LogP contribution in [-0.2, 0) is 33.1 Å². The molecule has 0 saturated heterocycles. The molecule has 0 atom stereocenters. The van der Waals surface area contributed by atoms with Gasteiger partial charge in [-0.25, -0.2) is 16.8 Å². The molecule has 0 amide bonds. The third kappa shape index (κ3) is 88.7. The van der Waals surface area contributed by atoms with Crippen molar-refractivity contribution in [2.45, 2.75) is 627 Å². The first-order valence-corrected chi connectivity index (χ1v) is 56.0. The van der Waals surface area contributed by atoms with Crippen molar-refractivity contribution in [2.75, 3.05) is 0 Å². The van der Waals surface area contributed by atoms with Crippen molar-refractivity contribution in [3.63, 3.8) is 0 Å². The Morgan fingerprint density at radius 1 is 0.162 bits per heavy atom. The van der Waals surface area contributed by atoms with Gasteiger partial charge in [-0.05, 0) is 48.9 Å². The van der Waals surface area contributed by atoms with Crippen LogP contribution in [0.2, 0.25) is 0 Å². The number of rotatable bonds is 96. The third-order valence-corrected chi connectivity index (χ3v) is 28.0. The molecule has 0 fully saturated rings. The van der Waals surface area contributed by atoms with Crippen LogP contribution < -0.4 is 0 Å². The van der Waals surface area contributed by atoms with Crippen LogP contribution in [0.25, 0.3) is 0 Å². The summed E-state index contributed by atoms with van der Waals surface area (Å²) in [6, 6.07) is 13.3. The number of hydrogen-bond donors (Lipinski definition) is 0. The topological polar surface area (TPSA) is 114 Å². The van der Waals surface area contributed by atoms with Crippen molar-refractivity contribution in [1.29, 1.82) is 0 Å². The van der Waals surface area contributed by atoms with Gasteiger partial charge in [0.15, 0.2) is 0 Å². The van der Waals surface area contributed by atoms with E-state index in [1.807, 2.05) is 12.1 Å². The minimum absolute atomic E-state index is 0. The predicted molar refractivity (Wildman–Crippen MR) is 518 cm³/mol. The van der Waals surface area contributed by atoms with E-state index in [2.05, 4.69) is 13.8 Å². The summed E-state index contributed by atoms with van der Waals surface area (Å²) in [7, 11) is -8.74. The van der Waals surface area contributed by atoms with E-state index in [-0.39, 0.29) is 47.5 Å². The second kappa shape index (κ2) is 96.2. The molecule has 9 heteroatoms. The van der Waals surface area contributed by atoms with E-state index in [9.17, 15) is 25.9 Å². The smallest absolute Gasteiger partial charge is 0.744 e. The molecule has 0 spiro atoms. The molecule has 684 valence electrons. The number of benzene rings is 2. The molecular weight excluding hydrogens is 1500 g/mol. The summed E-state index contributed by atoms with van der Waals surface area (Å²) in [5, 5.41) is 0. The van der Waals surface area contributed by atoms with Crippen molar-refractivity contribution in [1.82, 2.24) is 0 Å². The molecule has 2 rings (SSSR count). The van der Waals surface area contributed by atoms with Crippen LogP contribution >= 0.6 is 0 Å². The minimum Gasteiger partial charge on any atom is -0.744 e. The maximum Gasteiger partial charge on any atom is 2.00 e. The Kier molecular flexibility index (Phi) is 95.8. The number of unbranched alkanes of at least 4 members (excludes halogenated alkanes) is 90. The van der Waals surface area contributed by atoms with E-state index in [1.165, 1.54) is 577 Å². The fourth-order valence-electron chi connectivity index (χ4n) is 18.2. The summed E-state index contributed by atoms with van der Waals surface area (Å²) in [5.74, 6) is 0. The Bertz CT molecular complexity index is 2280. The van der Waals surface area contributed by atoms with Gasteiger partial charge in [0, 0.05) is 0 Å². The van der Waals surface area contributed by atoms with Gasteiger partial charge in [-0.1, -0.05) is 628 Å². The zero-order valence-corrected chi connectivity index (χ0v) is 82.9. The van der Waals surface area contributed by atoms with Gasteiger partial charge in [-0.2, -0.15) is 0 Å². The second-order valence-corrected chi connectivity index (χ2v) is 40.1. The molecule has 0 aliphatic rings. The van der Waals surface area contributed by atoms with Gasteiger partial charge >= 0.3 is 37.7 Å². The normalized spacial score (nSPS) is 11.8. The molecule has 0 aromatic heterocycles. The average Bonchev–Trinajstić information content (AvgIpc) is 0.845. The van der Waals surface area contributed by atoms with Gasteiger partial charge in [0.05, 0.1) is 9.79 Å². The Morgan fingerprint density at radius 3 is 0.359 bits per heavy atom. The van der Waals surface area contributed by atoms with Crippen LogP contribution in [-0.4, -0.2) is 63.7 Å². The Balaban J connectivity index is 0.00000228. The van der Waals surface area contributed by atoms with Gasteiger partial charge in [0.1, 0.15) is 20.2 Å². The first-order chi connectivity index (χ1) is 57.1. The molecule has 0 unspecified atom stereocenters. The second-order valence-electron chi connectivity index (χ2n) is 37.4. The zero-order chi connectivity index (χ0) is 83.4. The van der Waals surface area contributed by atoms with E-state index in [0.717, 1.165) is 25.7 Å². The van der Waals surface area contributed by atoms with Gasteiger partial charge in [0.2, 0.25) is 0 Å². The molecule has 117 heavy (non-hydrogen) atoms. The van der Waals surface area contributed by atoms with Crippen molar-refractivity contribution in [3.05, 3.63) is 59.7 Å². The molecule has 0 radical (unpaired) electrons. The SMILES string of the molecule is CCCCCCCCCCCCCCCCCCCCCCCCCCCCCCCCCCCCCCCCCCCCCCCCc1ccccc1S(=O)(=O)[O-].CCCCCCCCCCCCCCCCCCCCCCCCCCCCCCCCCCCCCCCCCCCCCCCCc1ccccc1S(=O)(=O)[O-].[Ca+2]. The van der Waals surface area contributed by atoms with Gasteiger partial charge < -0.3 is 9.11 Å². The molecule has 0 saturated carbocycles. The van der Waals surface area contributed by atoms with Crippen LogP contribution in [0.3, 0.4) is 0 Å². The van der Waals surface area contributed by atoms with E-state index >= 15 is 0 Å². The Morgan fingerprint density at radius 2 is 0.256 bits per heavy atom. The molecule has 2 aromatic rings. The molecule has 0 heterocycles. The van der Waals surface area contributed by atoms with Crippen molar-refractivity contribution >= 4 is 58.0 Å². The summed E-state index contributed by atoms with van der Waals surface area (Å²) < 4.78 is 68.5. The first kappa shape index (κ1) is 117. The molecule has 0 N–H and O–H groups in total. The average molecular weight is 1700 g/mol. The van der Waals surface area contributed by atoms with Crippen LogP contribution in [0.4, 0.5) is 0 Å². The fraction of sp³-hybridized carbons (Fsp3) is 0.889. The standard InChI is InChI=1S/2C54H102O3S.Ca/c2*1-2-3-4-5-6-7-8-9-10-11-12-13-14-15-16-17-18-19-20-21-22-23-24-25-26-27-28-29-30-31-32-33-34-35-36-37-38-39-40-41-42-43-44-45-46-47-50-53-51-48-49-52-54(53)58(55,56)57;/h2*48-49,51-52H,2-47,50H2,1H3,(H,55,56,57);/q;;+2/p-2. The summed E-state index contributed by atoms with van der Waals surface area (Å²) in [5.41, 5.74) is 1.35. The van der Waals surface area contributed by atoms with Crippen molar-refractivity contribution in [3.8, 4) is 0 Å². The van der Waals surface area contributed by atoms with Crippen LogP contribution in [0, 0.1) is 0 Å². The fourth-order valence-corrected chi connectivity index (χ4v) is 19.7. The predicted octanol–water partition coefficient (Wildman–Crippen LogP) is 37.8. The molecule has 0 bridgehead atoms. The van der Waals surface area contributed by atoms with Crippen LogP contribution in [0.5, 0.6) is 0 Å². The van der Waals surface area contributed by atoms with Crippen LogP contribution in [0.15, 0.2) is 58.3 Å². The number of aryl methyl sites for hydroxylation is 2. The summed E-state index contributed by atoms with van der Waals surface area (Å²) >= 11 is 0. The van der Waals surface area contributed by atoms with Crippen molar-refractivity contribution in [2.24, 2.45) is 0 Å². The summed E-state index contributed by atoms with van der Waals surface area (Å²) in [4.78, 5) is -0.0791. The third-order valence-electron chi connectivity index (χ3n) is 26.1. The quantitative estimate of drug-likeness (QED) is 0.0370. The minimum atomic E-state index is -4.37. The van der Waals surface area contributed by atoms with Crippen molar-refractivity contribution < 1.29 is 25.9 Å². The van der Waals surface area contributed by atoms with Gasteiger partial charge in [-0.15, -0.1) is 0 Å². The molecule has 6 nitrogen and oxygen atoms in total. The largest absolute Gasteiger partial charge is 2.00 e. The number of hydrogen-bond acceptors (Lipinski definition) is 6.